The minimum absolute atomic E-state index is 0.176. The zero-order valence-electron chi connectivity index (χ0n) is 12.3. The Kier molecular flexibility index (Phi) is 5.52. The Morgan fingerprint density at radius 2 is 1.76 bits per heavy atom. The molecule has 0 aromatic heterocycles. The normalized spacial score (nSPS) is 10.4. The van der Waals surface area contributed by atoms with Crippen LogP contribution in [-0.4, -0.2) is 19.4 Å². The summed E-state index contributed by atoms with van der Waals surface area (Å²) in [6.07, 6.45) is 1.98. The summed E-state index contributed by atoms with van der Waals surface area (Å²) >= 11 is 0. The zero-order chi connectivity index (χ0) is 15.1. The molecule has 0 aliphatic rings. The van der Waals surface area contributed by atoms with E-state index in [0.717, 1.165) is 35.3 Å². The van der Waals surface area contributed by atoms with E-state index in [0.29, 0.717) is 13.0 Å². The van der Waals surface area contributed by atoms with Gasteiger partial charge in [-0.25, -0.2) is 0 Å². The Bertz CT molecular complexity index is 590. The van der Waals surface area contributed by atoms with Crippen molar-refractivity contribution in [3.63, 3.8) is 0 Å². The molecule has 0 bridgehead atoms. The van der Waals surface area contributed by atoms with Gasteiger partial charge < -0.3 is 10.5 Å². The molecule has 0 fully saturated rings. The monoisotopic (exact) mass is 283 g/mol. The van der Waals surface area contributed by atoms with Gasteiger partial charge in [0.15, 0.2) is 5.78 Å². The molecule has 0 amide bonds. The van der Waals surface area contributed by atoms with Crippen LogP contribution in [0.1, 0.15) is 27.9 Å². The fourth-order valence-corrected chi connectivity index (χ4v) is 2.35. The van der Waals surface area contributed by atoms with Crippen LogP contribution in [0.4, 0.5) is 0 Å². The summed E-state index contributed by atoms with van der Waals surface area (Å²) in [5, 5.41) is 0. The molecule has 0 spiro atoms. The third kappa shape index (κ3) is 4.17. The number of aryl methyl sites for hydroxylation is 1. The molecule has 2 N–H and O–H groups in total. The largest absolute Gasteiger partial charge is 0.497 e. The lowest BCUT2D eigenvalue weighted by Crippen LogP contribution is -2.09. The summed E-state index contributed by atoms with van der Waals surface area (Å²) in [5.41, 5.74) is 8.58. The highest BCUT2D eigenvalue weighted by Crippen LogP contribution is 2.16. The highest BCUT2D eigenvalue weighted by molar-refractivity contribution is 5.97. The van der Waals surface area contributed by atoms with Crippen LogP contribution in [0.2, 0.25) is 0 Å². The van der Waals surface area contributed by atoms with Crippen LogP contribution in [0.25, 0.3) is 0 Å². The van der Waals surface area contributed by atoms with Crippen molar-refractivity contribution in [2.24, 2.45) is 5.73 Å². The molecule has 0 aliphatic heterocycles. The number of benzene rings is 2. The topological polar surface area (TPSA) is 52.3 Å². The number of ketones is 1. The first-order chi connectivity index (χ1) is 10.2. The summed E-state index contributed by atoms with van der Waals surface area (Å²) in [6, 6.07) is 15.6. The van der Waals surface area contributed by atoms with Gasteiger partial charge in [-0.2, -0.15) is 0 Å². The van der Waals surface area contributed by atoms with E-state index < -0.39 is 0 Å². The Morgan fingerprint density at radius 1 is 1.05 bits per heavy atom. The van der Waals surface area contributed by atoms with E-state index in [1.165, 1.54) is 0 Å². The van der Waals surface area contributed by atoms with Crippen LogP contribution in [-0.2, 0) is 12.8 Å². The summed E-state index contributed by atoms with van der Waals surface area (Å²) in [4.78, 5) is 12.4. The smallest absolute Gasteiger partial charge is 0.163 e. The molecule has 0 heterocycles. The molecule has 0 aliphatic carbocycles. The molecule has 3 nitrogen and oxygen atoms in total. The summed E-state index contributed by atoms with van der Waals surface area (Å²) in [7, 11) is 1.65. The fraction of sp³-hybridized carbons (Fsp3) is 0.278. The lowest BCUT2D eigenvalue weighted by molar-refractivity contribution is 0.0982. The maximum atomic E-state index is 12.4. The van der Waals surface area contributed by atoms with Crippen LogP contribution in [0.3, 0.4) is 0 Å². The molecule has 21 heavy (non-hydrogen) atoms. The lowest BCUT2D eigenvalue weighted by Gasteiger charge is -2.08. The van der Waals surface area contributed by atoms with Gasteiger partial charge in [0.25, 0.3) is 0 Å². The van der Waals surface area contributed by atoms with Gasteiger partial charge in [0.2, 0.25) is 0 Å². The van der Waals surface area contributed by atoms with Crippen LogP contribution in [0.15, 0.2) is 48.5 Å². The van der Waals surface area contributed by atoms with Gasteiger partial charge >= 0.3 is 0 Å². The summed E-state index contributed by atoms with van der Waals surface area (Å²) in [6.45, 7) is 0.558. The van der Waals surface area contributed by atoms with Crippen molar-refractivity contribution in [3.8, 4) is 5.75 Å². The molecule has 0 radical (unpaired) electrons. The number of methoxy groups -OCH3 is 1. The van der Waals surface area contributed by atoms with E-state index in [2.05, 4.69) is 0 Å². The Morgan fingerprint density at radius 3 is 2.43 bits per heavy atom. The second-order valence-electron chi connectivity index (χ2n) is 4.97. The Hall–Kier alpha value is -2.13. The van der Waals surface area contributed by atoms with Crippen molar-refractivity contribution in [1.82, 2.24) is 0 Å². The molecule has 0 saturated carbocycles. The third-order valence-corrected chi connectivity index (χ3v) is 3.53. The van der Waals surface area contributed by atoms with Gasteiger partial charge in [-0.3, -0.25) is 4.79 Å². The van der Waals surface area contributed by atoms with E-state index in [1.807, 2.05) is 48.5 Å². The van der Waals surface area contributed by atoms with E-state index >= 15 is 0 Å². The van der Waals surface area contributed by atoms with Gasteiger partial charge in [-0.15, -0.1) is 0 Å². The fourth-order valence-electron chi connectivity index (χ4n) is 2.35. The van der Waals surface area contributed by atoms with Crippen molar-refractivity contribution in [1.29, 1.82) is 0 Å². The first-order valence-electron chi connectivity index (χ1n) is 7.18. The van der Waals surface area contributed by atoms with Gasteiger partial charge in [0, 0.05) is 12.0 Å². The maximum absolute atomic E-state index is 12.4. The van der Waals surface area contributed by atoms with Gasteiger partial charge in [0.05, 0.1) is 7.11 Å². The molecular weight excluding hydrogens is 262 g/mol. The first kappa shape index (κ1) is 15.3. The SMILES string of the molecule is COc1ccc(CCC(=O)c2ccccc2CCN)cc1. The molecule has 0 unspecified atom stereocenters. The van der Waals surface area contributed by atoms with E-state index in [1.54, 1.807) is 7.11 Å². The number of nitrogens with two attached hydrogens (primary N) is 1. The Balaban J connectivity index is 2.01. The number of rotatable bonds is 7. The van der Waals surface area contributed by atoms with Gasteiger partial charge in [-0.1, -0.05) is 36.4 Å². The van der Waals surface area contributed by atoms with Crippen molar-refractivity contribution < 1.29 is 9.53 Å². The first-order valence-corrected chi connectivity index (χ1v) is 7.18. The second kappa shape index (κ2) is 7.60. The van der Waals surface area contributed by atoms with Gasteiger partial charge in [-0.05, 0) is 42.6 Å². The minimum Gasteiger partial charge on any atom is -0.497 e. The minimum atomic E-state index is 0.176. The molecule has 2 aromatic rings. The molecule has 2 aromatic carbocycles. The number of Topliss-reactive ketones (excluding diaryl/α,β-unsaturated/α-hetero) is 1. The van der Waals surface area contributed by atoms with E-state index in [-0.39, 0.29) is 5.78 Å². The van der Waals surface area contributed by atoms with Gasteiger partial charge in [0.1, 0.15) is 5.75 Å². The molecule has 2 rings (SSSR count). The summed E-state index contributed by atoms with van der Waals surface area (Å²) in [5.74, 6) is 1.01. The number of hydrogen-bond acceptors (Lipinski definition) is 3. The predicted molar refractivity (Wildman–Crippen MR) is 84.8 cm³/mol. The number of carbonyl (C=O) groups excluding carboxylic acids is 1. The van der Waals surface area contributed by atoms with Crippen molar-refractivity contribution in [2.75, 3.05) is 13.7 Å². The van der Waals surface area contributed by atoms with Crippen LogP contribution in [0, 0.1) is 0 Å². The van der Waals surface area contributed by atoms with Crippen molar-refractivity contribution >= 4 is 5.78 Å². The van der Waals surface area contributed by atoms with E-state index in [9.17, 15) is 4.79 Å². The second-order valence-corrected chi connectivity index (χ2v) is 4.97. The maximum Gasteiger partial charge on any atom is 0.163 e. The van der Waals surface area contributed by atoms with E-state index in [4.69, 9.17) is 10.5 Å². The highest BCUT2D eigenvalue weighted by Gasteiger charge is 2.10. The number of carbonyl (C=O) groups is 1. The average molecular weight is 283 g/mol. The number of hydrogen-bond donors (Lipinski definition) is 1. The molecule has 0 atom stereocenters. The molecule has 3 heteroatoms. The third-order valence-electron chi connectivity index (χ3n) is 3.53. The van der Waals surface area contributed by atoms with Crippen LogP contribution < -0.4 is 10.5 Å². The summed E-state index contributed by atoms with van der Waals surface area (Å²) < 4.78 is 5.13. The lowest BCUT2D eigenvalue weighted by atomic mass is 9.97. The van der Waals surface area contributed by atoms with Crippen LogP contribution >= 0.6 is 0 Å². The standard InChI is InChI=1S/C18H21NO2/c1-21-16-9-6-14(7-10-16)8-11-18(20)17-5-3-2-4-15(17)12-13-19/h2-7,9-10H,8,11-13,19H2,1H3. The zero-order valence-corrected chi connectivity index (χ0v) is 12.3. The number of ether oxygens (including phenoxy) is 1. The molecular formula is C18H21NO2. The Labute approximate surface area is 125 Å². The van der Waals surface area contributed by atoms with Crippen molar-refractivity contribution in [2.45, 2.75) is 19.3 Å². The molecule has 110 valence electrons. The van der Waals surface area contributed by atoms with Crippen LogP contribution in [0.5, 0.6) is 5.75 Å². The quantitative estimate of drug-likeness (QED) is 0.795. The molecule has 0 saturated heterocycles. The average Bonchev–Trinajstić information content (AvgIpc) is 2.54. The van der Waals surface area contributed by atoms with Crippen molar-refractivity contribution in [3.05, 3.63) is 65.2 Å². The highest BCUT2D eigenvalue weighted by atomic mass is 16.5. The predicted octanol–water partition coefficient (Wildman–Crippen LogP) is 3.01.